The first-order valence-corrected chi connectivity index (χ1v) is 6.22. The molecule has 0 aliphatic heterocycles. The summed E-state index contributed by atoms with van der Waals surface area (Å²) in [6.07, 6.45) is 0. The molecule has 3 N–H and O–H groups in total. The van der Waals surface area contributed by atoms with E-state index in [9.17, 15) is 4.79 Å². The van der Waals surface area contributed by atoms with Gasteiger partial charge in [0.1, 0.15) is 15.6 Å². The molecule has 0 saturated carbocycles. The first-order valence-electron chi connectivity index (χ1n) is 5.41. The average molecular weight is 258 g/mol. The fourth-order valence-electron chi connectivity index (χ4n) is 1.34. The fraction of sp³-hybridized carbons (Fsp3) is 0.545. The summed E-state index contributed by atoms with van der Waals surface area (Å²) in [4.78, 5) is 12.0. The number of ether oxygens (including phenoxy) is 2. The zero-order valence-corrected chi connectivity index (χ0v) is 11.3. The molecule has 0 aromatic carbocycles. The number of nitrogens with two attached hydrogens (primary N) is 1. The van der Waals surface area contributed by atoms with E-state index in [2.05, 4.69) is 5.32 Å². The Labute approximate surface area is 105 Å². The molecule has 17 heavy (non-hydrogen) atoms. The van der Waals surface area contributed by atoms with Crippen molar-refractivity contribution in [1.82, 2.24) is 0 Å². The van der Waals surface area contributed by atoms with Crippen LogP contribution in [0.25, 0.3) is 0 Å². The van der Waals surface area contributed by atoms with Gasteiger partial charge in [-0.05, 0) is 20.8 Å². The van der Waals surface area contributed by atoms with Gasteiger partial charge < -0.3 is 20.5 Å². The highest BCUT2D eigenvalue weighted by Crippen LogP contribution is 2.42. The zero-order valence-electron chi connectivity index (χ0n) is 10.5. The second-order valence-electron chi connectivity index (χ2n) is 3.73. The Bertz CT molecular complexity index is 402. The summed E-state index contributed by atoms with van der Waals surface area (Å²) >= 11 is 1.25. The molecule has 0 atom stereocenters. The van der Waals surface area contributed by atoms with Crippen LogP contribution in [0.2, 0.25) is 0 Å². The molecule has 0 aliphatic carbocycles. The van der Waals surface area contributed by atoms with E-state index < -0.39 is 5.97 Å². The summed E-state index contributed by atoms with van der Waals surface area (Å²) in [5.74, 6) is 0.0943. The number of rotatable bonds is 5. The number of carbonyl (C=O) groups is 1. The van der Waals surface area contributed by atoms with Gasteiger partial charge in [-0.15, -0.1) is 11.3 Å². The Morgan fingerprint density at radius 2 is 2.18 bits per heavy atom. The molecule has 1 heterocycles. The molecule has 1 rings (SSSR count). The zero-order chi connectivity index (χ0) is 13.0. The van der Waals surface area contributed by atoms with Crippen LogP contribution < -0.4 is 15.8 Å². The Kier molecular flexibility index (Phi) is 4.62. The van der Waals surface area contributed by atoms with Gasteiger partial charge in [-0.1, -0.05) is 0 Å². The highest BCUT2D eigenvalue weighted by Gasteiger charge is 2.22. The van der Waals surface area contributed by atoms with Crippen LogP contribution in [-0.4, -0.2) is 25.7 Å². The third kappa shape index (κ3) is 3.03. The van der Waals surface area contributed by atoms with Crippen LogP contribution in [0.5, 0.6) is 5.75 Å². The first-order chi connectivity index (χ1) is 8.01. The van der Waals surface area contributed by atoms with Gasteiger partial charge in [0.2, 0.25) is 0 Å². The molecule has 0 saturated heterocycles. The first kappa shape index (κ1) is 13.6. The molecule has 0 unspecified atom stereocenters. The summed E-state index contributed by atoms with van der Waals surface area (Å²) < 4.78 is 10.1. The summed E-state index contributed by atoms with van der Waals surface area (Å²) in [5.41, 5.74) is 6.20. The second-order valence-corrected chi connectivity index (χ2v) is 4.75. The Morgan fingerprint density at radius 3 is 2.65 bits per heavy atom. The van der Waals surface area contributed by atoms with Gasteiger partial charge in [-0.2, -0.15) is 0 Å². The van der Waals surface area contributed by atoms with Gasteiger partial charge in [-0.25, -0.2) is 4.79 Å². The summed E-state index contributed by atoms with van der Waals surface area (Å²) in [6, 6.07) is 0.233. The molecule has 1 aromatic rings. The standard InChI is InChI=1S/C11H18N2O3S/c1-5-16-11(14)9-7(12)8(15-4)10(17-9)13-6(2)3/h6,13H,5,12H2,1-4H3. The predicted octanol–water partition coefficient (Wildman–Crippen LogP) is 2.34. The average Bonchev–Trinajstić information content (AvgIpc) is 2.54. The van der Waals surface area contributed by atoms with Gasteiger partial charge in [0.15, 0.2) is 5.75 Å². The van der Waals surface area contributed by atoms with Crippen molar-refractivity contribution in [1.29, 1.82) is 0 Å². The van der Waals surface area contributed by atoms with Crippen LogP contribution in [0, 0.1) is 0 Å². The minimum Gasteiger partial charge on any atom is -0.492 e. The number of nitrogen functional groups attached to an aromatic ring is 1. The number of esters is 1. The van der Waals surface area contributed by atoms with Crippen LogP contribution >= 0.6 is 11.3 Å². The topological polar surface area (TPSA) is 73.6 Å². The van der Waals surface area contributed by atoms with Crippen molar-refractivity contribution >= 4 is 28.0 Å². The van der Waals surface area contributed by atoms with E-state index in [-0.39, 0.29) is 6.04 Å². The van der Waals surface area contributed by atoms with Crippen LogP contribution in [0.15, 0.2) is 0 Å². The maximum Gasteiger partial charge on any atom is 0.350 e. The lowest BCUT2D eigenvalue weighted by Crippen LogP contribution is -2.09. The molecule has 5 nitrogen and oxygen atoms in total. The van der Waals surface area contributed by atoms with Crippen molar-refractivity contribution in [3.8, 4) is 5.75 Å². The molecule has 0 spiro atoms. The number of methoxy groups -OCH3 is 1. The third-order valence-corrected chi connectivity index (χ3v) is 3.08. The van der Waals surface area contributed by atoms with E-state index >= 15 is 0 Å². The second kappa shape index (κ2) is 5.77. The lowest BCUT2D eigenvalue weighted by atomic mass is 10.3. The number of thiophene rings is 1. The summed E-state index contributed by atoms with van der Waals surface area (Å²) in [5, 5.41) is 3.94. The van der Waals surface area contributed by atoms with Crippen molar-refractivity contribution in [2.24, 2.45) is 0 Å². The monoisotopic (exact) mass is 258 g/mol. The number of carbonyl (C=O) groups excluding carboxylic acids is 1. The smallest absolute Gasteiger partial charge is 0.350 e. The number of hydrogen-bond acceptors (Lipinski definition) is 6. The molecule has 0 radical (unpaired) electrons. The van der Waals surface area contributed by atoms with Crippen molar-refractivity contribution in [2.75, 3.05) is 24.8 Å². The van der Waals surface area contributed by atoms with Crippen molar-refractivity contribution in [3.05, 3.63) is 4.88 Å². The SMILES string of the molecule is CCOC(=O)c1sc(NC(C)C)c(OC)c1N. The van der Waals surface area contributed by atoms with E-state index in [0.717, 1.165) is 5.00 Å². The van der Waals surface area contributed by atoms with Crippen LogP contribution in [0.4, 0.5) is 10.7 Å². The van der Waals surface area contributed by atoms with Gasteiger partial charge in [0.05, 0.1) is 13.7 Å². The van der Waals surface area contributed by atoms with E-state index in [4.69, 9.17) is 15.2 Å². The molecule has 1 aromatic heterocycles. The predicted molar refractivity (Wildman–Crippen MR) is 70.0 cm³/mol. The molecule has 96 valence electrons. The Hall–Kier alpha value is -1.43. The van der Waals surface area contributed by atoms with E-state index in [1.165, 1.54) is 18.4 Å². The quantitative estimate of drug-likeness (QED) is 0.793. The van der Waals surface area contributed by atoms with Crippen LogP contribution in [0.1, 0.15) is 30.4 Å². The van der Waals surface area contributed by atoms with Crippen molar-refractivity contribution in [2.45, 2.75) is 26.8 Å². The van der Waals surface area contributed by atoms with Crippen molar-refractivity contribution < 1.29 is 14.3 Å². The fourth-order valence-corrected chi connectivity index (χ4v) is 2.47. The van der Waals surface area contributed by atoms with Gasteiger partial charge >= 0.3 is 5.97 Å². The molecule has 6 heteroatoms. The Morgan fingerprint density at radius 1 is 1.53 bits per heavy atom. The maximum absolute atomic E-state index is 11.7. The molecule has 0 fully saturated rings. The molecule has 0 bridgehead atoms. The van der Waals surface area contributed by atoms with Crippen molar-refractivity contribution in [3.63, 3.8) is 0 Å². The van der Waals surface area contributed by atoms with Crippen LogP contribution in [-0.2, 0) is 4.74 Å². The number of anilines is 2. The molecule has 0 aliphatic rings. The number of hydrogen-bond donors (Lipinski definition) is 2. The molecule has 0 amide bonds. The number of nitrogens with one attached hydrogen (secondary N) is 1. The highest BCUT2D eigenvalue weighted by atomic mass is 32.1. The molecular formula is C11H18N2O3S. The largest absolute Gasteiger partial charge is 0.492 e. The third-order valence-electron chi connectivity index (χ3n) is 1.98. The normalized spacial score (nSPS) is 10.4. The molecular weight excluding hydrogens is 240 g/mol. The Balaban J connectivity index is 3.08. The minimum absolute atomic E-state index is 0.233. The summed E-state index contributed by atoms with van der Waals surface area (Å²) in [7, 11) is 1.53. The van der Waals surface area contributed by atoms with E-state index in [1.807, 2.05) is 13.8 Å². The van der Waals surface area contributed by atoms with Gasteiger partial charge in [0, 0.05) is 6.04 Å². The van der Waals surface area contributed by atoms with E-state index in [0.29, 0.717) is 22.9 Å². The summed E-state index contributed by atoms with van der Waals surface area (Å²) in [6.45, 7) is 6.08. The highest BCUT2D eigenvalue weighted by molar-refractivity contribution is 7.19. The van der Waals surface area contributed by atoms with Gasteiger partial charge in [0.25, 0.3) is 0 Å². The lowest BCUT2D eigenvalue weighted by molar-refractivity contribution is 0.0533. The lowest BCUT2D eigenvalue weighted by Gasteiger charge is -2.09. The maximum atomic E-state index is 11.7. The van der Waals surface area contributed by atoms with E-state index in [1.54, 1.807) is 6.92 Å². The minimum atomic E-state index is -0.412. The van der Waals surface area contributed by atoms with Gasteiger partial charge in [-0.3, -0.25) is 0 Å². The van der Waals surface area contributed by atoms with Crippen LogP contribution in [0.3, 0.4) is 0 Å².